The summed E-state index contributed by atoms with van der Waals surface area (Å²) >= 11 is 0. The van der Waals surface area contributed by atoms with Gasteiger partial charge in [0.05, 0.1) is 22.6 Å². The molecule has 0 saturated heterocycles. The molecule has 3 rings (SSSR count). The lowest BCUT2D eigenvalue weighted by molar-refractivity contribution is 0.555. The van der Waals surface area contributed by atoms with Gasteiger partial charge in [-0.1, -0.05) is 12.1 Å². The van der Waals surface area contributed by atoms with Crippen LogP contribution in [0, 0.1) is 5.82 Å². The number of halogens is 1. The fourth-order valence-electron chi connectivity index (χ4n) is 1.83. The van der Waals surface area contributed by atoms with Crippen molar-refractivity contribution in [2.75, 3.05) is 11.1 Å². The lowest BCUT2D eigenvalue weighted by Gasteiger charge is -2.09. The Morgan fingerprint density at radius 2 is 2.00 bits per heavy atom. The first-order valence-electron chi connectivity index (χ1n) is 5.57. The zero-order valence-corrected chi connectivity index (χ0v) is 9.74. The molecule has 1 aromatic heterocycles. The van der Waals surface area contributed by atoms with Gasteiger partial charge in [0.25, 0.3) is 0 Å². The van der Waals surface area contributed by atoms with Gasteiger partial charge >= 0.3 is 5.76 Å². The third-order valence-corrected chi connectivity index (χ3v) is 2.73. The largest absolute Gasteiger partial charge is 0.417 e. The van der Waals surface area contributed by atoms with Gasteiger partial charge in [-0.15, -0.1) is 0 Å². The predicted molar refractivity (Wildman–Crippen MR) is 70.9 cm³/mol. The third-order valence-electron chi connectivity index (χ3n) is 2.73. The maximum Gasteiger partial charge on any atom is 0.417 e. The number of anilines is 3. The van der Waals surface area contributed by atoms with Crippen molar-refractivity contribution < 1.29 is 8.81 Å². The van der Waals surface area contributed by atoms with Gasteiger partial charge in [0, 0.05) is 6.07 Å². The average Bonchev–Trinajstić information content (AvgIpc) is 2.71. The molecule has 4 N–H and O–H groups in total. The molecule has 0 unspecified atom stereocenters. The summed E-state index contributed by atoms with van der Waals surface area (Å²) in [7, 11) is 0. The van der Waals surface area contributed by atoms with E-state index in [1.807, 2.05) is 0 Å². The molecular formula is C13H10FN3O2. The second-order valence-corrected chi connectivity index (χ2v) is 4.05. The van der Waals surface area contributed by atoms with Crippen LogP contribution in [0.5, 0.6) is 0 Å². The predicted octanol–water partition coefficient (Wildman–Crippen LogP) is 2.59. The van der Waals surface area contributed by atoms with E-state index >= 15 is 0 Å². The van der Waals surface area contributed by atoms with Crippen LogP contribution in [0.25, 0.3) is 11.1 Å². The number of benzene rings is 2. The molecule has 0 saturated carbocycles. The maximum absolute atomic E-state index is 13.5. The highest BCUT2D eigenvalue weighted by Crippen LogP contribution is 2.28. The number of fused-ring (bicyclic) bond motifs is 1. The molecule has 5 nitrogen and oxygen atoms in total. The number of oxazole rings is 1. The molecule has 1 heterocycles. The number of nitrogens with one attached hydrogen (secondary N) is 2. The summed E-state index contributed by atoms with van der Waals surface area (Å²) < 4.78 is 18.4. The molecule has 0 radical (unpaired) electrons. The van der Waals surface area contributed by atoms with E-state index in [1.165, 1.54) is 12.1 Å². The first kappa shape index (κ1) is 11.3. The maximum atomic E-state index is 13.5. The molecule has 0 atom stereocenters. The Kier molecular flexibility index (Phi) is 2.49. The first-order chi connectivity index (χ1) is 9.13. The Bertz CT molecular complexity index is 807. The fourth-order valence-corrected chi connectivity index (χ4v) is 1.83. The van der Waals surface area contributed by atoms with E-state index in [0.717, 1.165) is 0 Å². The highest BCUT2D eigenvalue weighted by molar-refractivity contribution is 5.87. The van der Waals surface area contributed by atoms with Crippen molar-refractivity contribution in [1.82, 2.24) is 4.98 Å². The second-order valence-electron chi connectivity index (χ2n) is 4.05. The summed E-state index contributed by atoms with van der Waals surface area (Å²) in [5, 5.41) is 2.88. The number of para-hydroxylation sites is 1. The minimum Gasteiger partial charge on any atom is -0.408 e. The van der Waals surface area contributed by atoms with Gasteiger partial charge in [-0.2, -0.15) is 0 Å². The summed E-state index contributed by atoms with van der Waals surface area (Å²) in [6.45, 7) is 0. The third kappa shape index (κ3) is 2.03. The standard InChI is InChI=1S/C13H10FN3O2/c14-7-3-1-2-4-9(7)16-10-6-11-12(5-8(10)15)19-13(18)17-11/h1-6,16H,15H2,(H,17,18). The molecule has 96 valence electrons. The summed E-state index contributed by atoms with van der Waals surface area (Å²) in [6.07, 6.45) is 0. The van der Waals surface area contributed by atoms with Crippen molar-refractivity contribution in [3.63, 3.8) is 0 Å². The normalized spacial score (nSPS) is 10.8. The molecule has 0 aliphatic carbocycles. The van der Waals surface area contributed by atoms with Crippen LogP contribution >= 0.6 is 0 Å². The minimum absolute atomic E-state index is 0.305. The van der Waals surface area contributed by atoms with Crippen LogP contribution in [0.1, 0.15) is 0 Å². The molecular weight excluding hydrogens is 249 g/mol. The SMILES string of the molecule is Nc1cc2oc(=O)[nH]c2cc1Nc1ccccc1F. The molecule has 2 aromatic carbocycles. The van der Waals surface area contributed by atoms with Crippen molar-refractivity contribution in [2.45, 2.75) is 0 Å². The second kappa shape index (κ2) is 4.16. The highest BCUT2D eigenvalue weighted by atomic mass is 19.1. The molecule has 0 bridgehead atoms. The Morgan fingerprint density at radius 3 is 2.79 bits per heavy atom. The average molecular weight is 259 g/mol. The number of hydrogen-bond acceptors (Lipinski definition) is 4. The fraction of sp³-hybridized carbons (Fsp3) is 0. The molecule has 6 heteroatoms. The van der Waals surface area contributed by atoms with Gasteiger partial charge in [-0.25, -0.2) is 9.18 Å². The highest BCUT2D eigenvalue weighted by Gasteiger charge is 2.08. The summed E-state index contributed by atoms with van der Waals surface area (Å²) in [5.74, 6) is -0.944. The number of nitrogens with two attached hydrogens (primary N) is 1. The van der Waals surface area contributed by atoms with Gasteiger partial charge in [0.2, 0.25) is 0 Å². The molecule has 0 spiro atoms. The quantitative estimate of drug-likeness (QED) is 0.617. The zero-order chi connectivity index (χ0) is 13.4. The lowest BCUT2D eigenvalue weighted by Crippen LogP contribution is -1.98. The molecule has 0 aliphatic rings. The van der Waals surface area contributed by atoms with E-state index in [0.29, 0.717) is 28.2 Å². The van der Waals surface area contributed by atoms with Crippen LogP contribution in [0.2, 0.25) is 0 Å². The van der Waals surface area contributed by atoms with Gasteiger partial charge in [-0.05, 0) is 18.2 Å². The van der Waals surface area contributed by atoms with Crippen molar-refractivity contribution >= 4 is 28.2 Å². The Balaban J connectivity index is 2.07. The summed E-state index contributed by atoms with van der Waals surface area (Å²) in [4.78, 5) is 13.6. The summed E-state index contributed by atoms with van der Waals surface area (Å²) in [5.41, 5.74) is 7.85. The van der Waals surface area contributed by atoms with Crippen molar-refractivity contribution in [3.8, 4) is 0 Å². The molecule has 19 heavy (non-hydrogen) atoms. The lowest BCUT2D eigenvalue weighted by atomic mass is 10.2. The van der Waals surface area contributed by atoms with E-state index < -0.39 is 5.76 Å². The number of H-pyrrole nitrogens is 1. The molecule has 0 fully saturated rings. The monoisotopic (exact) mass is 259 g/mol. The van der Waals surface area contributed by atoms with Crippen molar-refractivity contribution in [1.29, 1.82) is 0 Å². The zero-order valence-electron chi connectivity index (χ0n) is 9.74. The number of aromatic nitrogens is 1. The Hall–Kier alpha value is -2.76. The minimum atomic E-state index is -0.558. The van der Waals surface area contributed by atoms with Gasteiger partial charge in [0.15, 0.2) is 5.58 Å². The van der Waals surface area contributed by atoms with E-state index in [4.69, 9.17) is 10.2 Å². The first-order valence-corrected chi connectivity index (χ1v) is 5.57. The molecule has 3 aromatic rings. The molecule has 0 aliphatic heterocycles. The van der Waals surface area contributed by atoms with E-state index in [-0.39, 0.29) is 5.82 Å². The van der Waals surface area contributed by atoms with Crippen LogP contribution in [0.3, 0.4) is 0 Å². The number of nitrogen functional groups attached to an aromatic ring is 1. The smallest absolute Gasteiger partial charge is 0.408 e. The van der Waals surface area contributed by atoms with Gasteiger partial charge in [-0.3, -0.25) is 4.98 Å². The Labute approximate surface area is 106 Å². The van der Waals surface area contributed by atoms with Gasteiger partial charge < -0.3 is 15.5 Å². The topological polar surface area (TPSA) is 84.0 Å². The molecule has 0 amide bonds. The number of hydrogen-bond donors (Lipinski definition) is 3. The van der Waals surface area contributed by atoms with Crippen LogP contribution in [0.4, 0.5) is 21.5 Å². The van der Waals surface area contributed by atoms with Crippen LogP contribution in [-0.2, 0) is 0 Å². The number of rotatable bonds is 2. The van der Waals surface area contributed by atoms with Crippen molar-refractivity contribution in [2.24, 2.45) is 0 Å². The van der Waals surface area contributed by atoms with Crippen LogP contribution in [0.15, 0.2) is 45.6 Å². The van der Waals surface area contributed by atoms with Crippen LogP contribution < -0.4 is 16.8 Å². The Morgan fingerprint density at radius 1 is 1.21 bits per heavy atom. The van der Waals surface area contributed by atoms with Crippen molar-refractivity contribution in [3.05, 3.63) is 52.8 Å². The summed E-state index contributed by atoms with van der Waals surface area (Å²) in [6, 6.07) is 9.35. The van der Waals surface area contributed by atoms with Gasteiger partial charge in [0.1, 0.15) is 5.82 Å². The van der Waals surface area contributed by atoms with E-state index in [2.05, 4.69) is 10.3 Å². The number of aromatic amines is 1. The van der Waals surface area contributed by atoms with Crippen LogP contribution in [-0.4, -0.2) is 4.98 Å². The van der Waals surface area contributed by atoms with E-state index in [1.54, 1.807) is 24.3 Å². The van der Waals surface area contributed by atoms with E-state index in [9.17, 15) is 9.18 Å².